The Bertz CT molecular complexity index is 566. The predicted octanol–water partition coefficient (Wildman–Crippen LogP) is 2.47. The van der Waals surface area contributed by atoms with Crippen LogP contribution in [-0.4, -0.2) is 26.8 Å². The number of alkyl halides is 1. The summed E-state index contributed by atoms with van der Waals surface area (Å²) in [6.45, 7) is 3.60. The second-order valence-corrected chi connectivity index (χ2v) is 5.10. The average molecular weight is 279 g/mol. The van der Waals surface area contributed by atoms with Crippen molar-refractivity contribution in [2.75, 3.05) is 11.2 Å². The maximum Gasteiger partial charge on any atom is 0.231 e. The molecule has 6 heteroatoms. The van der Waals surface area contributed by atoms with E-state index in [0.29, 0.717) is 5.69 Å². The van der Waals surface area contributed by atoms with Gasteiger partial charge in [-0.1, -0.05) is 17.3 Å². The molecule has 1 aromatic carbocycles. The van der Waals surface area contributed by atoms with E-state index in [0.717, 1.165) is 5.69 Å². The van der Waals surface area contributed by atoms with Crippen molar-refractivity contribution in [2.45, 2.75) is 13.8 Å². The van der Waals surface area contributed by atoms with Gasteiger partial charge in [-0.3, -0.25) is 4.79 Å². The number of nitrogens with one attached hydrogen (secondary N) is 1. The highest BCUT2D eigenvalue weighted by molar-refractivity contribution is 6.20. The number of benzene rings is 1. The Labute approximate surface area is 116 Å². The first-order valence-corrected chi connectivity index (χ1v) is 6.41. The second kappa shape index (κ2) is 5.40. The van der Waals surface area contributed by atoms with Gasteiger partial charge in [-0.05, 0) is 26.0 Å². The number of carbonyl (C=O) groups excluding carboxylic acids is 1. The van der Waals surface area contributed by atoms with Crippen molar-refractivity contribution < 1.29 is 4.79 Å². The molecule has 0 spiro atoms. The van der Waals surface area contributed by atoms with Crippen LogP contribution in [0.25, 0.3) is 5.69 Å². The second-order valence-electron chi connectivity index (χ2n) is 4.84. The van der Waals surface area contributed by atoms with Crippen LogP contribution in [0, 0.1) is 5.41 Å². The number of para-hydroxylation sites is 2. The van der Waals surface area contributed by atoms with Gasteiger partial charge in [-0.15, -0.1) is 16.7 Å². The Morgan fingerprint density at radius 3 is 2.79 bits per heavy atom. The van der Waals surface area contributed by atoms with Crippen molar-refractivity contribution >= 4 is 23.2 Å². The zero-order chi connectivity index (χ0) is 13.9. The normalized spacial score (nSPS) is 11.3. The van der Waals surface area contributed by atoms with Crippen molar-refractivity contribution in [3.8, 4) is 5.69 Å². The fraction of sp³-hybridized carbons (Fsp3) is 0.308. The van der Waals surface area contributed by atoms with E-state index >= 15 is 0 Å². The average Bonchev–Trinajstić information content (AvgIpc) is 2.93. The van der Waals surface area contributed by atoms with Gasteiger partial charge in [0.1, 0.15) is 0 Å². The molecule has 0 atom stereocenters. The Hall–Kier alpha value is -1.88. The van der Waals surface area contributed by atoms with Crippen LogP contribution in [0.1, 0.15) is 13.8 Å². The van der Waals surface area contributed by atoms with Crippen LogP contribution in [0.2, 0.25) is 0 Å². The number of hydrogen-bond acceptors (Lipinski definition) is 3. The van der Waals surface area contributed by atoms with Gasteiger partial charge < -0.3 is 5.32 Å². The maximum absolute atomic E-state index is 12.1. The molecule has 2 aromatic rings. The Kier molecular flexibility index (Phi) is 3.85. The molecule has 5 nitrogen and oxygen atoms in total. The molecule has 2 rings (SSSR count). The third-order valence-electron chi connectivity index (χ3n) is 2.77. The van der Waals surface area contributed by atoms with Crippen molar-refractivity contribution in [2.24, 2.45) is 5.41 Å². The molecular weight excluding hydrogens is 264 g/mol. The molecule has 0 radical (unpaired) electrons. The van der Waals surface area contributed by atoms with Crippen molar-refractivity contribution in [1.29, 1.82) is 0 Å². The molecule has 1 heterocycles. The number of nitrogens with zero attached hydrogens (tertiary/aromatic N) is 3. The molecule has 0 saturated carbocycles. The monoisotopic (exact) mass is 278 g/mol. The number of amides is 1. The van der Waals surface area contributed by atoms with E-state index in [4.69, 9.17) is 11.6 Å². The summed E-state index contributed by atoms with van der Waals surface area (Å²) in [4.78, 5) is 12.1. The van der Waals surface area contributed by atoms with Crippen molar-refractivity contribution in [3.05, 3.63) is 36.7 Å². The van der Waals surface area contributed by atoms with E-state index in [1.807, 2.05) is 24.3 Å². The summed E-state index contributed by atoms with van der Waals surface area (Å²) >= 11 is 5.81. The van der Waals surface area contributed by atoms with E-state index in [-0.39, 0.29) is 11.8 Å². The largest absolute Gasteiger partial charge is 0.324 e. The lowest BCUT2D eigenvalue weighted by Crippen LogP contribution is -2.32. The summed E-state index contributed by atoms with van der Waals surface area (Å²) in [7, 11) is 0. The molecule has 19 heavy (non-hydrogen) atoms. The zero-order valence-corrected chi connectivity index (χ0v) is 11.6. The predicted molar refractivity (Wildman–Crippen MR) is 74.5 cm³/mol. The molecule has 0 aliphatic carbocycles. The summed E-state index contributed by atoms with van der Waals surface area (Å²) in [6, 6.07) is 7.40. The Morgan fingerprint density at radius 2 is 2.16 bits per heavy atom. The lowest BCUT2D eigenvalue weighted by atomic mass is 9.95. The molecule has 100 valence electrons. The highest BCUT2D eigenvalue weighted by Crippen LogP contribution is 2.23. The third-order valence-corrected chi connectivity index (χ3v) is 3.44. The van der Waals surface area contributed by atoms with Crippen LogP contribution < -0.4 is 5.32 Å². The van der Waals surface area contributed by atoms with Crippen LogP contribution in [0.5, 0.6) is 0 Å². The Morgan fingerprint density at radius 1 is 1.42 bits per heavy atom. The van der Waals surface area contributed by atoms with Crippen LogP contribution in [-0.2, 0) is 4.79 Å². The summed E-state index contributed by atoms with van der Waals surface area (Å²) in [6.07, 6.45) is 3.30. The van der Waals surface area contributed by atoms with E-state index in [1.54, 1.807) is 30.9 Å². The van der Waals surface area contributed by atoms with Crippen molar-refractivity contribution in [1.82, 2.24) is 15.0 Å². The van der Waals surface area contributed by atoms with Gasteiger partial charge in [0.15, 0.2) is 0 Å². The minimum Gasteiger partial charge on any atom is -0.324 e. The van der Waals surface area contributed by atoms with Crippen LogP contribution in [0.4, 0.5) is 5.69 Å². The lowest BCUT2D eigenvalue weighted by molar-refractivity contribution is -0.122. The Balaban J connectivity index is 2.29. The molecule has 0 bridgehead atoms. The standard InChI is InChI=1S/C13H15ClN4O/c1-13(2,9-14)12(19)16-10-5-3-4-6-11(10)18-8-7-15-17-18/h3-8H,9H2,1-2H3,(H,16,19). The van der Waals surface area contributed by atoms with Gasteiger partial charge in [0.2, 0.25) is 5.91 Å². The molecule has 1 aromatic heterocycles. The van der Waals surface area contributed by atoms with Crippen LogP contribution >= 0.6 is 11.6 Å². The number of anilines is 1. The van der Waals surface area contributed by atoms with Gasteiger partial charge in [0, 0.05) is 5.88 Å². The third kappa shape index (κ3) is 2.93. The van der Waals surface area contributed by atoms with Crippen molar-refractivity contribution in [3.63, 3.8) is 0 Å². The summed E-state index contributed by atoms with van der Waals surface area (Å²) in [5.74, 6) is 0.125. The number of hydrogen-bond donors (Lipinski definition) is 1. The quantitative estimate of drug-likeness (QED) is 0.874. The first kappa shape index (κ1) is 13.5. The lowest BCUT2D eigenvalue weighted by Gasteiger charge is -2.21. The smallest absolute Gasteiger partial charge is 0.231 e. The van der Waals surface area contributed by atoms with Crippen LogP contribution in [0.15, 0.2) is 36.7 Å². The molecule has 0 aliphatic heterocycles. The fourth-order valence-electron chi connectivity index (χ4n) is 1.47. The highest BCUT2D eigenvalue weighted by atomic mass is 35.5. The minimum absolute atomic E-state index is 0.130. The molecule has 1 N–H and O–H groups in total. The van der Waals surface area contributed by atoms with Gasteiger partial charge in [0.05, 0.1) is 29.2 Å². The molecule has 0 fully saturated rings. The number of rotatable bonds is 4. The molecule has 0 saturated heterocycles. The van der Waals surface area contributed by atoms with E-state index in [2.05, 4.69) is 15.6 Å². The highest BCUT2D eigenvalue weighted by Gasteiger charge is 2.27. The van der Waals surface area contributed by atoms with Gasteiger partial charge >= 0.3 is 0 Å². The molecule has 1 amide bonds. The maximum atomic E-state index is 12.1. The minimum atomic E-state index is -0.628. The van der Waals surface area contributed by atoms with E-state index in [9.17, 15) is 4.79 Å². The summed E-state index contributed by atoms with van der Waals surface area (Å²) in [5, 5.41) is 10.6. The zero-order valence-electron chi connectivity index (χ0n) is 10.8. The molecular formula is C13H15ClN4O. The molecule has 0 aliphatic rings. The van der Waals surface area contributed by atoms with Crippen LogP contribution in [0.3, 0.4) is 0 Å². The first-order chi connectivity index (χ1) is 9.04. The number of aromatic nitrogens is 3. The summed E-state index contributed by atoms with van der Waals surface area (Å²) < 4.78 is 1.60. The molecule has 0 unspecified atom stereocenters. The SMILES string of the molecule is CC(C)(CCl)C(=O)Nc1ccccc1-n1ccnn1. The van der Waals surface area contributed by atoms with Gasteiger partial charge in [-0.25, -0.2) is 4.68 Å². The summed E-state index contributed by atoms with van der Waals surface area (Å²) in [5.41, 5.74) is 0.812. The van der Waals surface area contributed by atoms with Gasteiger partial charge in [0.25, 0.3) is 0 Å². The first-order valence-electron chi connectivity index (χ1n) is 5.88. The van der Waals surface area contributed by atoms with Gasteiger partial charge in [-0.2, -0.15) is 0 Å². The van der Waals surface area contributed by atoms with E-state index in [1.165, 1.54) is 0 Å². The fourth-order valence-corrected chi connectivity index (χ4v) is 1.59. The topological polar surface area (TPSA) is 59.8 Å². The number of halogens is 1. The number of carbonyl (C=O) groups is 1. The van der Waals surface area contributed by atoms with E-state index < -0.39 is 5.41 Å².